The number of carbonyl (C=O) groups excluding carboxylic acids is 2. The number of carbonyl (C=O) groups is 2. The minimum absolute atomic E-state index is 0.0168. The Bertz CT molecular complexity index is 924. The third-order valence-corrected chi connectivity index (χ3v) is 6.06. The second-order valence-electron chi connectivity index (χ2n) is 8.39. The van der Waals surface area contributed by atoms with Crippen LogP contribution in [0.15, 0.2) is 30.9 Å². The highest BCUT2D eigenvalue weighted by Gasteiger charge is 2.42. The van der Waals surface area contributed by atoms with Gasteiger partial charge in [0.1, 0.15) is 5.75 Å². The molecule has 2 amide bonds. The first-order valence-electron chi connectivity index (χ1n) is 10.7. The number of rotatable bonds is 9. The summed E-state index contributed by atoms with van der Waals surface area (Å²) in [5.74, 6) is -0.880. The van der Waals surface area contributed by atoms with Crippen LogP contribution in [0.3, 0.4) is 0 Å². The summed E-state index contributed by atoms with van der Waals surface area (Å²) in [6.45, 7) is 3.57. The molecule has 2 aliphatic rings. The smallest absolute Gasteiger partial charge is 0.480 e. The summed E-state index contributed by atoms with van der Waals surface area (Å²) in [6, 6.07) is 4.19. The minimum atomic E-state index is -4.73. The summed E-state index contributed by atoms with van der Waals surface area (Å²) in [6.07, 6.45) is -6.41. The van der Waals surface area contributed by atoms with Crippen LogP contribution in [0.25, 0.3) is 0 Å². The van der Waals surface area contributed by atoms with E-state index in [0.29, 0.717) is 16.3 Å². The molecule has 1 aliphatic heterocycles. The molecule has 4 N–H and O–H groups in total. The normalized spacial score (nSPS) is 25.7. The van der Waals surface area contributed by atoms with Crippen LogP contribution in [0, 0.1) is 0 Å². The fourth-order valence-corrected chi connectivity index (χ4v) is 4.03. The minimum Gasteiger partial charge on any atom is -0.480 e. The highest BCUT2D eigenvalue weighted by Crippen LogP contribution is 2.36. The molecule has 12 heteroatoms. The first-order valence-corrected chi connectivity index (χ1v) is 11.1. The standard InChI is InChI=1S/C22H26ClF3N2O6/c1-2-21(32,20(31)28-13-9-14(10-13)34-22(24,25)26)6-3-7-27-19(30)18-11-16(29)15-8-12(23)4-5-17(15)33-18/h2,4-5,8,13-14,16,18,29,32H,1,3,6-7,9-11H2,(H,27,30)(H,28,31)/t13-,14+,16-,18-,21?/m0/s1. The Hall–Kier alpha value is -2.34. The number of halogens is 4. The van der Waals surface area contributed by atoms with Gasteiger partial charge in [0.05, 0.1) is 12.2 Å². The summed E-state index contributed by atoms with van der Waals surface area (Å²) >= 11 is 5.92. The van der Waals surface area contributed by atoms with E-state index in [1.807, 2.05) is 0 Å². The van der Waals surface area contributed by atoms with Gasteiger partial charge >= 0.3 is 6.36 Å². The number of alkyl halides is 3. The van der Waals surface area contributed by atoms with Crippen LogP contribution in [0.5, 0.6) is 5.75 Å². The second kappa shape index (κ2) is 10.5. The topological polar surface area (TPSA) is 117 Å². The Labute approximate surface area is 199 Å². The maximum absolute atomic E-state index is 12.4. The Morgan fingerprint density at radius 3 is 2.65 bits per heavy atom. The van der Waals surface area contributed by atoms with E-state index in [1.165, 1.54) is 0 Å². The molecule has 1 aliphatic carbocycles. The van der Waals surface area contributed by atoms with Gasteiger partial charge < -0.3 is 25.6 Å². The molecule has 1 heterocycles. The molecule has 1 unspecified atom stereocenters. The van der Waals surface area contributed by atoms with E-state index < -0.39 is 48.1 Å². The maximum atomic E-state index is 12.4. The van der Waals surface area contributed by atoms with Gasteiger partial charge in [-0.15, -0.1) is 13.2 Å². The van der Waals surface area contributed by atoms with E-state index in [2.05, 4.69) is 21.9 Å². The molecule has 1 aromatic carbocycles. The van der Waals surface area contributed by atoms with Crippen molar-refractivity contribution < 1.29 is 42.4 Å². The molecule has 0 saturated heterocycles. The number of aliphatic hydroxyl groups excluding tert-OH is 1. The van der Waals surface area contributed by atoms with E-state index in [4.69, 9.17) is 16.3 Å². The number of amides is 2. The molecular weight excluding hydrogens is 481 g/mol. The lowest BCUT2D eigenvalue weighted by Crippen LogP contribution is -2.55. The van der Waals surface area contributed by atoms with Crippen molar-refractivity contribution >= 4 is 23.4 Å². The Kier molecular flexibility index (Phi) is 8.12. The number of hydrogen-bond donors (Lipinski definition) is 4. The molecule has 8 nitrogen and oxygen atoms in total. The molecule has 188 valence electrons. The fraction of sp³-hybridized carbons (Fsp3) is 0.545. The van der Waals surface area contributed by atoms with E-state index in [0.717, 1.165) is 6.08 Å². The van der Waals surface area contributed by atoms with E-state index in [-0.39, 0.29) is 38.6 Å². The molecule has 0 aromatic heterocycles. The van der Waals surface area contributed by atoms with Gasteiger partial charge in [-0.1, -0.05) is 24.3 Å². The van der Waals surface area contributed by atoms with Gasteiger partial charge in [-0.3, -0.25) is 14.3 Å². The lowest BCUT2D eigenvalue weighted by Gasteiger charge is -2.37. The van der Waals surface area contributed by atoms with Crippen LogP contribution in [-0.2, 0) is 14.3 Å². The van der Waals surface area contributed by atoms with Gasteiger partial charge in [-0.2, -0.15) is 0 Å². The molecular formula is C22H26ClF3N2O6. The zero-order chi connectivity index (χ0) is 25.1. The molecule has 3 atom stereocenters. The molecule has 1 saturated carbocycles. The van der Waals surface area contributed by atoms with Crippen molar-refractivity contribution in [1.82, 2.24) is 10.6 Å². The van der Waals surface area contributed by atoms with Crippen LogP contribution in [0.4, 0.5) is 13.2 Å². The van der Waals surface area contributed by atoms with Crippen molar-refractivity contribution in [3.8, 4) is 5.75 Å². The number of aliphatic hydroxyl groups is 2. The summed E-state index contributed by atoms with van der Waals surface area (Å²) in [5, 5.41) is 26.4. The van der Waals surface area contributed by atoms with Crippen molar-refractivity contribution in [1.29, 1.82) is 0 Å². The average Bonchev–Trinajstić information content (AvgIpc) is 2.74. The summed E-state index contributed by atoms with van der Waals surface area (Å²) in [5.41, 5.74) is -1.45. The van der Waals surface area contributed by atoms with Crippen LogP contribution in [0.1, 0.15) is 43.8 Å². The molecule has 34 heavy (non-hydrogen) atoms. The first kappa shape index (κ1) is 26.3. The molecule has 1 aromatic rings. The summed E-state index contributed by atoms with van der Waals surface area (Å²) in [4.78, 5) is 24.8. The third kappa shape index (κ3) is 6.62. The van der Waals surface area contributed by atoms with Gasteiger partial charge in [-0.25, -0.2) is 0 Å². The zero-order valence-corrected chi connectivity index (χ0v) is 18.9. The number of ether oxygens (including phenoxy) is 2. The Morgan fingerprint density at radius 1 is 1.29 bits per heavy atom. The van der Waals surface area contributed by atoms with E-state index in [9.17, 15) is 33.0 Å². The first-order chi connectivity index (χ1) is 15.9. The van der Waals surface area contributed by atoms with Crippen molar-refractivity contribution in [2.45, 2.75) is 68.4 Å². The second-order valence-corrected chi connectivity index (χ2v) is 8.83. The van der Waals surface area contributed by atoms with E-state index in [1.54, 1.807) is 18.2 Å². The third-order valence-electron chi connectivity index (χ3n) is 5.82. The summed E-state index contributed by atoms with van der Waals surface area (Å²) < 4.78 is 46.1. The van der Waals surface area contributed by atoms with Crippen LogP contribution in [-0.4, -0.2) is 58.8 Å². The fourth-order valence-electron chi connectivity index (χ4n) is 3.85. The Balaban J connectivity index is 1.41. The largest absolute Gasteiger partial charge is 0.522 e. The number of benzene rings is 1. The maximum Gasteiger partial charge on any atom is 0.522 e. The summed E-state index contributed by atoms with van der Waals surface area (Å²) in [7, 11) is 0. The highest BCUT2D eigenvalue weighted by molar-refractivity contribution is 6.30. The number of nitrogens with one attached hydrogen (secondary N) is 2. The molecule has 1 fully saturated rings. The predicted molar refractivity (Wildman–Crippen MR) is 115 cm³/mol. The van der Waals surface area contributed by atoms with Gasteiger partial charge in [0.15, 0.2) is 11.7 Å². The zero-order valence-electron chi connectivity index (χ0n) is 18.1. The van der Waals surface area contributed by atoms with Crippen molar-refractivity contribution in [3.05, 3.63) is 41.4 Å². The van der Waals surface area contributed by atoms with Crippen molar-refractivity contribution in [3.63, 3.8) is 0 Å². The molecule has 0 spiro atoms. The highest BCUT2D eigenvalue weighted by atomic mass is 35.5. The van der Waals surface area contributed by atoms with E-state index >= 15 is 0 Å². The van der Waals surface area contributed by atoms with Crippen LogP contribution in [0.2, 0.25) is 5.02 Å². The van der Waals surface area contributed by atoms with Crippen molar-refractivity contribution in [2.24, 2.45) is 0 Å². The van der Waals surface area contributed by atoms with Gasteiger partial charge in [0.25, 0.3) is 11.8 Å². The van der Waals surface area contributed by atoms with Gasteiger partial charge in [0, 0.05) is 29.6 Å². The van der Waals surface area contributed by atoms with Gasteiger partial charge in [0.2, 0.25) is 0 Å². The van der Waals surface area contributed by atoms with Crippen LogP contribution >= 0.6 is 11.6 Å². The Morgan fingerprint density at radius 2 is 2.00 bits per heavy atom. The predicted octanol–water partition coefficient (Wildman–Crippen LogP) is 2.52. The molecule has 3 rings (SSSR count). The quantitative estimate of drug-likeness (QED) is 0.302. The average molecular weight is 507 g/mol. The van der Waals surface area contributed by atoms with Gasteiger partial charge in [-0.05, 0) is 43.9 Å². The lowest BCUT2D eigenvalue weighted by atomic mass is 9.87. The van der Waals surface area contributed by atoms with Crippen LogP contribution < -0.4 is 15.4 Å². The van der Waals surface area contributed by atoms with Crippen molar-refractivity contribution in [2.75, 3.05) is 6.54 Å². The molecule has 0 radical (unpaired) electrons. The lowest BCUT2D eigenvalue weighted by molar-refractivity contribution is -0.351. The number of hydrogen-bond acceptors (Lipinski definition) is 6. The monoisotopic (exact) mass is 506 g/mol. The SMILES string of the molecule is C=CC(O)(CCCNC(=O)[C@@H]1C[C@H](O)c2cc(Cl)ccc2O1)C(=O)N[C@H]1C[C@@H](OC(F)(F)F)C1. The molecule has 0 bridgehead atoms. The number of fused-ring (bicyclic) bond motifs is 1.